The average Bonchev–Trinajstić information content (AvgIpc) is 2.64. The molecule has 1 aromatic carbocycles. The first-order chi connectivity index (χ1) is 13.6. The van der Waals surface area contributed by atoms with Crippen LogP contribution in [0, 0.1) is 23.6 Å². The summed E-state index contributed by atoms with van der Waals surface area (Å²) in [6.07, 6.45) is 2.52. The van der Waals surface area contributed by atoms with Gasteiger partial charge in [-0.05, 0) is 57.5 Å². The van der Waals surface area contributed by atoms with Crippen LogP contribution in [0.1, 0.15) is 42.3 Å². The van der Waals surface area contributed by atoms with Gasteiger partial charge in [-0.1, -0.05) is 0 Å². The Kier molecular flexibility index (Phi) is 7.39. The second-order valence-electron chi connectivity index (χ2n) is 7.30. The lowest BCUT2D eigenvalue weighted by atomic mass is 9.99. The maximum absolute atomic E-state index is 14.3. The Hall–Kier alpha value is -2.87. The fourth-order valence-electron chi connectivity index (χ4n) is 2.97. The molecule has 0 aliphatic carbocycles. The van der Waals surface area contributed by atoms with Crippen LogP contribution in [0.4, 0.5) is 4.39 Å². The number of carbonyl (C=O) groups excluding carboxylic acids is 2. The fraction of sp³-hybridized carbons (Fsp3) is 0.429. The zero-order chi connectivity index (χ0) is 21.7. The number of hydrogen-bond acceptors (Lipinski definition) is 5. The molecule has 1 aliphatic heterocycles. The van der Waals surface area contributed by atoms with Crippen molar-refractivity contribution in [1.29, 1.82) is 10.8 Å². The van der Waals surface area contributed by atoms with Crippen LogP contribution >= 0.6 is 0 Å². The monoisotopic (exact) mass is 401 g/mol. The summed E-state index contributed by atoms with van der Waals surface area (Å²) in [6, 6.07) is 2.59. The second-order valence-corrected chi connectivity index (χ2v) is 7.30. The van der Waals surface area contributed by atoms with E-state index in [-0.39, 0.29) is 40.2 Å². The van der Waals surface area contributed by atoms with Crippen molar-refractivity contribution in [1.82, 2.24) is 15.5 Å². The molecule has 0 aromatic heterocycles. The van der Waals surface area contributed by atoms with Gasteiger partial charge in [0.15, 0.2) is 0 Å². The highest BCUT2D eigenvalue weighted by atomic mass is 19.1. The Labute approximate surface area is 170 Å². The number of benzene rings is 1. The third-order valence-corrected chi connectivity index (χ3v) is 4.89. The molecular formula is C21H28FN5O2. The molecule has 156 valence electrons. The van der Waals surface area contributed by atoms with E-state index in [4.69, 9.17) is 10.8 Å². The average molecular weight is 401 g/mol. The van der Waals surface area contributed by atoms with Crippen molar-refractivity contribution in [2.75, 3.05) is 19.6 Å². The minimum atomic E-state index is -0.583. The third-order valence-electron chi connectivity index (χ3n) is 4.89. The summed E-state index contributed by atoms with van der Waals surface area (Å²) in [5.41, 5.74) is 0.281. The molecule has 0 radical (unpaired) electrons. The summed E-state index contributed by atoms with van der Waals surface area (Å²) in [7, 11) is 0. The van der Waals surface area contributed by atoms with Gasteiger partial charge in [0, 0.05) is 36.8 Å². The number of nitrogens with one attached hydrogen (secondary N) is 4. The normalized spacial score (nSPS) is 14.0. The van der Waals surface area contributed by atoms with Crippen molar-refractivity contribution in [3.8, 4) is 0 Å². The minimum Gasteiger partial charge on any atom is -0.347 e. The molecule has 1 aromatic rings. The van der Waals surface area contributed by atoms with Gasteiger partial charge >= 0.3 is 0 Å². The summed E-state index contributed by atoms with van der Waals surface area (Å²) in [6.45, 7) is 8.91. The van der Waals surface area contributed by atoms with Crippen LogP contribution in [0.15, 0.2) is 24.3 Å². The molecule has 2 amide bonds. The molecular weight excluding hydrogens is 373 g/mol. The van der Waals surface area contributed by atoms with Crippen LogP contribution in [0.3, 0.4) is 0 Å². The molecule has 1 saturated heterocycles. The molecule has 0 bridgehead atoms. The Morgan fingerprint density at radius 1 is 1.31 bits per heavy atom. The zero-order valence-electron chi connectivity index (χ0n) is 17.2. The van der Waals surface area contributed by atoms with Crippen LogP contribution < -0.4 is 10.6 Å². The van der Waals surface area contributed by atoms with E-state index in [2.05, 4.69) is 10.6 Å². The third kappa shape index (κ3) is 5.35. The molecule has 1 fully saturated rings. The minimum absolute atomic E-state index is 0.0172. The van der Waals surface area contributed by atoms with E-state index in [0.29, 0.717) is 19.6 Å². The Morgan fingerprint density at radius 3 is 2.48 bits per heavy atom. The number of allylic oxidation sites excluding steroid dienone is 1. The topological polar surface area (TPSA) is 109 Å². The lowest BCUT2D eigenvalue weighted by Crippen LogP contribution is -2.56. The predicted octanol–water partition coefficient (Wildman–Crippen LogP) is 2.04. The Morgan fingerprint density at radius 2 is 1.97 bits per heavy atom. The number of nitrogens with zero attached hydrogens (tertiary/aromatic N) is 1. The summed E-state index contributed by atoms with van der Waals surface area (Å²) < 4.78 is 14.3. The van der Waals surface area contributed by atoms with Crippen LogP contribution in [-0.2, 0) is 4.79 Å². The number of halogens is 1. The highest BCUT2D eigenvalue weighted by molar-refractivity contribution is 6.42. The van der Waals surface area contributed by atoms with Crippen LogP contribution in [0.5, 0.6) is 0 Å². The van der Waals surface area contributed by atoms with Gasteiger partial charge in [-0.15, -0.1) is 0 Å². The van der Waals surface area contributed by atoms with Crippen molar-refractivity contribution < 1.29 is 14.0 Å². The molecule has 2 rings (SSSR count). The summed E-state index contributed by atoms with van der Waals surface area (Å²) in [5, 5.41) is 22.1. The quantitative estimate of drug-likeness (QED) is 0.501. The fourth-order valence-corrected chi connectivity index (χ4v) is 2.97. The van der Waals surface area contributed by atoms with E-state index in [1.165, 1.54) is 25.1 Å². The predicted molar refractivity (Wildman–Crippen MR) is 111 cm³/mol. The smallest absolute Gasteiger partial charge is 0.271 e. The van der Waals surface area contributed by atoms with Crippen LogP contribution in [-0.4, -0.2) is 59.9 Å². The van der Waals surface area contributed by atoms with Gasteiger partial charge in [0.1, 0.15) is 11.5 Å². The molecule has 1 aliphatic rings. The first-order valence-electron chi connectivity index (χ1n) is 9.63. The van der Waals surface area contributed by atoms with Crippen LogP contribution in [0.25, 0.3) is 0 Å². The molecule has 29 heavy (non-hydrogen) atoms. The van der Waals surface area contributed by atoms with Crippen molar-refractivity contribution in [2.24, 2.45) is 0 Å². The van der Waals surface area contributed by atoms with E-state index in [9.17, 15) is 14.0 Å². The van der Waals surface area contributed by atoms with Gasteiger partial charge in [-0.2, -0.15) is 0 Å². The molecule has 0 atom stereocenters. The number of hydrogen-bond donors (Lipinski definition) is 4. The number of amides is 2. The first-order valence-corrected chi connectivity index (χ1v) is 9.63. The van der Waals surface area contributed by atoms with E-state index in [0.717, 1.165) is 6.07 Å². The molecule has 0 saturated carbocycles. The maximum atomic E-state index is 14.3. The largest absolute Gasteiger partial charge is 0.347 e. The van der Waals surface area contributed by atoms with Gasteiger partial charge in [0.25, 0.3) is 11.8 Å². The van der Waals surface area contributed by atoms with Crippen molar-refractivity contribution >= 4 is 23.2 Å². The van der Waals surface area contributed by atoms with Gasteiger partial charge in [-0.25, -0.2) is 4.39 Å². The molecule has 1 heterocycles. The van der Waals surface area contributed by atoms with Crippen molar-refractivity contribution in [3.63, 3.8) is 0 Å². The first kappa shape index (κ1) is 22.4. The lowest BCUT2D eigenvalue weighted by Gasteiger charge is -2.28. The van der Waals surface area contributed by atoms with Gasteiger partial charge in [0.05, 0.1) is 11.8 Å². The molecule has 4 N–H and O–H groups in total. The SMILES string of the molecule is CCN(C(=O)C(=N)/C=C\C(=N)c1cc(C(=O)NC2CNC2)cc(F)c1C)C(C)C. The molecule has 7 nitrogen and oxygen atoms in total. The van der Waals surface area contributed by atoms with Crippen LogP contribution in [0.2, 0.25) is 0 Å². The Bertz CT molecular complexity index is 859. The standard InChI is InChI=1S/C21H28FN5O2/c1-5-27(12(2)3)21(29)19(24)7-6-18(23)16-8-14(9-17(22)13(16)4)20(28)26-15-10-25-11-15/h6-9,12,15,23-25H,5,10-11H2,1-4H3,(H,26,28)/b7-6-,23-18?,24-19?. The molecule has 0 unspecified atom stereocenters. The highest BCUT2D eigenvalue weighted by Gasteiger charge is 2.22. The van der Waals surface area contributed by atoms with E-state index < -0.39 is 17.6 Å². The number of carbonyl (C=O) groups is 2. The highest BCUT2D eigenvalue weighted by Crippen LogP contribution is 2.17. The van der Waals surface area contributed by atoms with E-state index >= 15 is 0 Å². The molecule has 8 heteroatoms. The van der Waals surface area contributed by atoms with E-state index in [1.807, 2.05) is 20.8 Å². The van der Waals surface area contributed by atoms with Gasteiger partial charge < -0.3 is 20.9 Å². The Balaban J connectivity index is 2.18. The summed E-state index contributed by atoms with van der Waals surface area (Å²) in [4.78, 5) is 26.2. The number of rotatable bonds is 8. The molecule has 0 spiro atoms. The van der Waals surface area contributed by atoms with Gasteiger partial charge in [-0.3, -0.25) is 15.0 Å². The van der Waals surface area contributed by atoms with Crippen molar-refractivity contribution in [3.05, 3.63) is 46.8 Å². The van der Waals surface area contributed by atoms with Crippen molar-refractivity contribution in [2.45, 2.75) is 39.8 Å². The lowest BCUT2D eigenvalue weighted by molar-refractivity contribution is -0.125. The van der Waals surface area contributed by atoms with E-state index in [1.54, 1.807) is 4.90 Å². The van der Waals surface area contributed by atoms with Gasteiger partial charge in [0.2, 0.25) is 0 Å². The zero-order valence-corrected chi connectivity index (χ0v) is 17.2. The second kappa shape index (κ2) is 9.56. The summed E-state index contributed by atoms with van der Waals surface area (Å²) in [5.74, 6) is -1.41. The summed E-state index contributed by atoms with van der Waals surface area (Å²) >= 11 is 0. The maximum Gasteiger partial charge on any atom is 0.271 e.